The molecule has 7 nitrogen and oxygen atoms in total. The Bertz CT molecular complexity index is 400. The quantitative estimate of drug-likeness (QED) is 0.630. The van der Waals surface area contributed by atoms with Crippen LogP contribution in [0.25, 0.3) is 0 Å². The lowest BCUT2D eigenvalue weighted by molar-refractivity contribution is -0.0553. The van der Waals surface area contributed by atoms with Crippen LogP contribution < -0.4 is 0 Å². The van der Waals surface area contributed by atoms with Gasteiger partial charge in [0.2, 0.25) is 0 Å². The normalized spacial score (nSPS) is 30.4. The highest BCUT2D eigenvalue weighted by molar-refractivity contribution is 7.86. The summed E-state index contributed by atoms with van der Waals surface area (Å²) in [4.78, 5) is 0. The molecule has 0 aromatic heterocycles. The molecule has 2 aliphatic heterocycles. The van der Waals surface area contributed by atoms with E-state index in [1.54, 1.807) is 7.11 Å². The van der Waals surface area contributed by atoms with Gasteiger partial charge in [-0.1, -0.05) is 0 Å². The van der Waals surface area contributed by atoms with Gasteiger partial charge in [0.1, 0.15) is 0 Å². The van der Waals surface area contributed by atoms with E-state index in [2.05, 4.69) is 0 Å². The fourth-order valence-electron chi connectivity index (χ4n) is 2.48. The summed E-state index contributed by atoms with van der Waals surface area (Å²) in [5.41, 5.74) is 0. The van der Waals surface area contributed by atoms with Crippen LogP contribution in [0, 0.1) is 0 Å². The van der Waals surface area contributed by atoms with Crippen molar-refractivity contribution in [1.82, 2.24) is 8.61 Å². The number of methoxy groups -OCH3 is 1. The fraction of sp³-hybridized carbons (Fsp3) is 1.00. The van der Waals surface area contributed by atoms with Gasteiger partial charge in [-0.3, -0.25) is 0 Å². The number of hydrogen-bond donors (Lipinski definition) is 0. The summed E-state index contributed by atoms with van der Waals surface area (Å²) < 4.78 is 43.8. The summed E-state index contributed by atoms with van der Waals surface area (Å²) in [5, 5.41) is 0. The van der Waals surface area contributed by atoms with E-state index >= 15 is 0 Å². The Kier molecular flexibility index (Phi) is 5.38. The smallest absolute Gasteiger partial charge is 0.282 e. The van der Waals surface area contributed by atoms with Gasteiger partial charge in [0.15, 0.2) is 0 Å². The van der Waals surface area contributed by atoms with E-state index in [-0.39, 0.29) is 18.3 Å². The molecule has 0 unspecified atom stereocenters. The van der Waals surface area contributed by atoms with Crippen LogP contribution in [-0.4, -0.2) is 81.8 Å². The number of nitrogens with zero attached hydrogens (tertiary/aromatic N) is 2. The maximum absolute atomic E-state index is 12.5. The van der Waals surface area contributed by atoms with Gasteiger partial charge in [0.05, 0.1) is 31.5 Å². The topological polar surface area (TPSA) is 68.3 Å². The maximum Gasteiger partial charge on any atom is 0.282 e. The molecule has 2 fully saturated rings. The van der Waals surface area contributed by atoms with Gasteiger partial charge >= 0.3 is 0 Å². The second kappa shape index (κ2) is 6.67. The molecule has 8 heteroatoms. The van der Waals surface area contributed by atoms with Crippen molar-refractivity contribution >= 4 is 10.2 Å². The van der Waals surface area contributed by atoms with Gasteiger partial charge in [-0.25, -0.2) is 0 Å². The fourth-order valence-corrected chi connectivity index (χ4v) is 4.31. The molecular formula is C12H24N2O5S. The van der Waals surface area contributed by atoms with Gasteiger partial charge in [0.25, 0.3) is 10.2 Å². The lowest BCUT2D eigenvalue weighted by Crippen LogP contribution is -2.61. The highest BCUT2D eigenvalue weighted by Gasteiger charge is 2.42. The van der Waals surface area contributed by atoms with Crippen molar-refractivity contribution in [3.63, 3.8) is 0 Å². The molecule has 0 radical (unpaired) electrons. The number of rotatable bonds is 6. The molecule has 2 heterocycles. The summed E-state index contributed by atoms with van der Waals surface area (Å²) in [6.45, 7) is 6.49. The summed E-state index contributed by atoms with van der Waals surface area (Å²) >= 11 is 0. The zero-order valence-corrected chi connectivity index (χ0v) is 13.1. The van der Waals surface area contributed by atoms with E-state index < -0.39 is 10.2 Å². The molecule has 0 aromatic rings. The Morgan fingerprint density at radius 2 is 1.60 bits per heavy atom. The average molecular weight is 308 g/mol. The van der Waals surface area contributed by atoms with E-state index in [0.29, 0.717) is 39.4 Å². The highest BCUT2D eigenvalue weighted by Crippen LogP contribution is 2.22. The van der Waals surface area contributed by atoms with Crippen LogP contribution in [0.4, 0.5) is 0 Å². The predicted octanol–water partition coefficient (Wildman–Crippen LogP) is -0.312. The van der Waals surface area contributed by atoms with Crippen LogP contribution in [-0.2, 0) is 24.4 Å². The van der Waals surface area contributed by atoms with Gasteiger partial charge in [-0.2, -0.15) is 17.0 Å². The number of ether oxygens (including phenoxy) is 3. The van der Waals surface area contributed by atoms with Gasteiger partial charge in [-0.15, -0.1) is 0 Å². The van der Waals surface area contributed by atoms with Crippen LogP contribution in [0.1, 0.15) is 13.8 Å². The van der Waals surface area contributed by atoms with Gasteiger partial charge < -0.3 is 14.2 Å². The van der Waals surface area contributed by atoms with E-state index in [1.165, 1.54) is 8.61 Å². The van der Waals surface area contributed by atoms with Crippen molar-refractivity contribution < 1.29 is 22.6 Å². The van der Waals surface area contributed by atoms with Crippen molar-refractivity contribution in [3.05, 3.63) is 0 Å². The zero-order valence-electron chi connectivity index (χ0n) is 12.3. The lowest BCUT2D eigenvalue weighted by Gasteiger charge is -2.43. The molecule has 0 spiro atoms. The minimum absolute atomic E-state index is 0.0178. The molecule has 0 aromatic carbocycles. The van der Waals surface area contributed by atoms with Crippen molar-refractivity contribution in [2.24, 2.45) is 0 Å². The van der Waals surface area contributed by atoms with Crippen molar-refractivity contribution in [1.29, 1.82) is 0 Å². The van der Waals surface area contributed by atoms with Crippen LogP contribution in [0.2, 0.25) is 0 Å². The van der Waals surface area contributed by atoms with E-state index in [9.17, 15) is 8.42 Å². The predicted molar refractivity (Wildman–Crippen MR) is 73.7 cm³/mol. The Morgan fingerprint density at radius 1 is 1.05 bits per heavy atom. The Morgan fingerprint density at radius 3 is 2.15 bits per heavy atom. The standard InChI is InChI=1S/C12H24N2O5S/c1-10-6-13(7-11(2)19-10)20(15,16)14-8-12(9-14)18-5-4-17-3/h10-12H,4-9H2,1-3H3/t10-,11+. The third-order valence-electron chi connectivity index (χ3n) is 3.49. The first-order chi connectivity index (χ1) is 9.43. The molecule has 2 atom stereocenters. The Hall–Kier alpha value is -0.250. The summed E-state index contributed by atoms with van der Waals surface area (Å²) in [7, 11) is -1.77. The number of hydrogen-bond acceptors (Lipinski definition) is 5. The molecule has 0 bridgehead atoms. The molecule has 118 valence electrons. The van der Waals surface area contributed by atoms with Crippen molar-refractivity contribution in [3.8, 4) is 0 Å². The summed E-state index contributed by atoms with van der Waals surface area (Å²) in [6, 6.07) is 0. The third-order valence-corrected chi connectivity index (χ3v) is 5.40. The van der Waals surface area contributed by atoms with Gasteiger partial charge in [0, 0.05) is 33.3 Å². The highest BCUT2D eigenvalue weighted by atomic mass is 32.2. The van der Waals surface area contributed by atoms with Crippen LogP contribution >= 0.6 is 0 Å². The van der Waals surface area contributed by atoms with Crippen LogP contribution in [0.5, 0.6) is 0 Å². The van der Waals surface area contributed by atoms with Crippen LogP contribution in [0.15, 0.2) is 0 Å². The van der Waals surface area contributed by atoms with Crippen LogP contribution in [0.3, 0.4) is 0 Å². The Balaban J connectivity index is 1.83. The monoisotopic (exact) mass is 308 g/mol. The van der Waals surface area contributed by atoms with E-state index in [4.69, 9.17) is 14.2 Å². The maximum atomic E-state index is 12.5. The van der Waals surface area contributed by atoms with E-state index in [0.717, 1.165) is 0 Å². The summed E-state index contributed by atoms with van der Waals surface area (Å²) in [6.07, 6.45) is -0.150. The first kappa shape index (κ1) is 16.1. The molecule has 0 aliphatic carbocycles. The molecule has 0 saturated carbocycles. The molecular weight excluding hydrogens is 284 g/mol. The molecule has 2 rings (SSSR count). The largest absolute Gasteiger partial charge is 0.382 e. The molecule has 0 amide bonds. The minimum atomic E-state index is -3.38. The van der Waals surface area contributed by atoms with Crippen molar-refractivity contribution in [2.75, 3.05) is 46.5 Å². The van der Waals surface area contributed by atoms with E-state index in [1.807, 2.05) is 13.8 Å². The zero-order chi connectivity index (χ0) is 14.8. The molecule has 2 aliphatic rings. The Labute approximate surface area is 120 Å². The average Bonchev–Trinajstić information content (AvgIpc) is 2.30. The lowest BCUT2D eigenvalue weighted by atomic mass is 10.2. The second-order valence-corrected chi connectivity index (χ2v) is 7.31. The second-order valence-electron chi connectivity index (χ2n) is 5.38. The van der Waals surface area contributed by atoms with Crippen molar-refractivity contribution in [2.45, 2.75) is 32.2 Å². The summed E-state index contributed by atoms with van der Waals surface area (Å²) in [5.74, 6) is 0. The SMILES string of the molecule is COCCOC1CN(S(=O)(=O)N2C[C@@H](C)O[C@@H](C)C2)C1. The molecule has 2 saturated heterocycles. The minimum Gasteiger partial charge on any atom is -0.382 e. The first-order valence-electron chi connectivity index (χ1n) is 6.94. The number of morpholine rings is 1. The molecule has 0 N–H and O–H groups in total. The first-order valence-corrected chi connectivity index (χ1v) is 8.34. The molecule has 20 heavy (non-hydrogen) atoms. The van der Waals surface area contributed by atoms with Gasteiger partial charge in [-0.05, 0) is 13.8 Å². The third kappa shape index (κ3) is 3.69.